The minimum absolute atomic E-state index is 0.149. The van der Waals surface area contributed by atoms with E-state index in [1.54, 1.807) is 17.4 Å². The van der Waals surface area contributed by atoms with Crippen molar-refractivity contribution >= 4 is 34.3 Å². The highest BCUT2D eigenvalue weighted by molar-refractivity contribution is 7.10. The first-order valence-corrected chi connectivity index (χ1v) is 10.9. The number of anilines is 1. The Balaban J connectivity index is 1.60. The van der Waals surface area contributed by atoms with Gasteiger partial charge in [0.15, 0.2) is 6.54 Å². The topological polar surface area (TPSA) is 24.8 Å². The number of thiophene rings is 2. The third kappa shape index (κ3) is 3.76. The Labute approximate surface area is 168 Å². The molecular formula is C22H23N2OS2+. The van der Waals surface area contributed by atoms with Gasteiger partial charge in [0, 0.05) is 29.1 Å². The van der Waals surface area contributed by atoms with Crippen LogP contribution in [0.1, 0.15) is 21.4 Å². The summed E-state index contributed by atoms with van der Waals surface area (Å²) in [4.78, 5) is 19.2. The summed E-state index contributed by atoms with van der Waals surface area (Å²) in [7, 11) is 0. The van der Waals surface area contributed by atoms with Gasteiger partial charge in [-0.2, -0.15) is 0 Å². The van der Waals surface area contributed by atoms with Crippen LogP contribution in [0, 0.1) is 0 Å². The van der Waals surface area contributed by atoms with Crippen LogP contribution in [0.2, 0.25) is 0 Å². The molecule has 0 aliphatic carbocycles. The summed E-state index contributed by atoms with van der Waals surface area (Å²) in [5, 5.41) is 4.31. The molecular weight excluding hydrogens is 372 g/mol. The zero-order chi connectivity index (χ0) is 18.6. The van der Waals surface area contributed by atoms with E-state index in [0.29, 0.717) is 13.1 Å². The molecule has 1 aliphatic rings. The minimum atomic E-state index is 0.149. The molecule has 1 aromatic carbocycles. The molecule has 3 aromatic rings. The number of hydrogen-bond acceptors (Lipinski definition) is 3. The average Bonchev–Trinajstić information content (AvgIpc) is 3.38. The number of rotatable bonds is 6. The van der Waals surface area contributed by atoms with Crippen LogP contribution in [0.5, 0.6) is 0 Å². The van der Waals surface area contributed by atoms with Crippen molar-refractivity contribution in [2.45, 2.75) is 12.5 Å². The quantitative estimate of drug-likeness (QED) is 0.634. The van der Waals surface area contributed by atoms with Gasteiger partial charge in [-0.25, -0.2) is 0 Å². The summed E-state index contributed by atoms with van der Waals surface area (Å²) in [5.74, 6) is 0.149. The standard InChI is InChI=1S/C22H22N2OS2/c1-2-12-24(17-7-4-3-5-8-17)21(25)16-23-13-10-19-18(11-15-27-19)22(23)20-9-6-14-26-20/h2-9,11,14-15,22H,1,10,12-13,16H2/p+1/t22-/m0/s1. The van der Waals surface area contributed by atoms with Gasteiger partial charge >= 0.3 is 0 Å². The second-order valence-electron chi connectivity index (χ2n) is 6.71. The highest BCUT2D eigenvalue weighted by atomic mass is 32.1. The molecule has 1 N–H and O–H groups in total. The highest BCUT2D eigenvalue weighted by Crippen LogP contribution is 2.31. The molecule has 138 valence electrons. The lowest BCUT2D eigenvalue weighted by Crippen LogP contribution is -3.14. The first-order valence-electron chi connectivity index (χ1n) is 9.18. The van der Waals surface area contributed by atoms with Crippen molar-refractivity contribution < 1.29 is 9.69 Å². The third-order valence-corrected chi connectivity index (χ3v) is 6.99. The molecule has 0 radical (unpaired) electrons. The second-order valence-corrected chi connectivity index (χ2v) is 8.69. The average molecular weight is 396 g/mol. The van der Waals surface area contributed by atoms with Crippen molar-refractivity contribution in [3.8, 4) is 0 Å². The van der Waals surface area contributed by atoms with E-state index in [0.717, 1.165) is 18.7 Å². The van der Waals surface area contributed by atoms with Crippen LogP contribution in [0.25, 0.3) is 0 Å². The van der Waals surface area contributed by atoms with Gasteiger partial charge in [-0.1, -0.05) is 30.3 Å². The Morgan fingerprint density at radius 3 is 2.74 bits per heavy atom. The fraction of sp³-hybridized carbons (Fsp3) is 0.227. The SMILES string of the molecule is C=CCN(C(=O)C[NH+]1CCc2sccc2[C@H]1c1cccs1)c1ccccc1. The molecule has 2 aromatic heterocycles. The third-order valence-electron chi connectivity index (χ3n) is 5.06. The van der Waals surface area contributed by atoms with E-state index in [4.69, 9.17) is 0 Å². The maximum Gasteiger partial charge on any atom is 0.282 e. The Kier molecular flexibility index (Phi) is 5.53. The van der Waals surface area contributed by atoms with Gasteiger partial charge in [0.05, 0.1) is 11.4 Å². The van der Waals surface area contributed by atoms with E-state index in [-0.39, 0.29) is 11.9 Å². The molecule has 27 heavy (non-hydrogen) atoms. The molecule has 1 amide bonds. The van der Waals surface area contributed by atoms with Crippen molar-refractivity contribution in [1.29, 1.82) is 0 Å². The van der Waals surface area contributed by atoms with Gasteiger partial charge in [-0.05, 0) is 35.0 Å². The summed E-state index contributed by atoms with van der Waals surface area (Å²) < 4.78 is 0. The van der Waals surface area contributed by atoms with Gasteiger partial charge in [0.25, 0.3) is 5.91 Å². The lowest BCUT2D eigenvalue weighted by Gasteiger charge is -2.33. The smallest absolute Gasteiger partial charge is 0.282 e. The second kappa shape index (κ2) is 8.21. The van der Waals surface area contributed by atoms with Crippen LogP contribution in [0.15, 0.2) is 71.9 Å². The molecule has 0 saturated carbocycles. The van der Waals surface area contributed by atoms with Crippen molar-refractivity contribution in [1.82, 2.24) is 0 Å². The lowest BCUT2D eigenvalue weighted by atomic mass is 9.98. The molecule has 0 fully saturated rings. The fourth-order valence-corrected chi connectivity index (χ4v) is 5.65. The van der Waals surface area contributed by atoms with E-state index < -0.39 is 0 Å². The Morgan fingerprint density at radius 2 is 2.00 bits per heavy atom. The normalized spacial score (nSPS) is 18.7. The van der Waals surface area contributed by atoms with Crippen LogP contribution in [-0.4, -0.2) is 25.5 Å². The minimum Gasteiger partial charge on any atom is -0.316 e. The lowest BCUT2D eigenvalue weighted by molar-refractivity contribution is -0.919. The van der Waals surface area contributed by atoms with E-state index in [2.05, 4.69) is 35.5 Å². The summed E-state index contributed by atoms with van der Waals surface area (Å²) in [5.41, 5.74) is 2.33. The number of benzene rings is 1. The summed E-state index contributed by atoms with van der Waals surface area (Å²) in [6, 6.07) is 16.7. The maximum atomic E-state index is 13.2. The Hall–Kier alpha value is -2.21. The largest absolute Gasteiger partial charge is 0.316 e. The van der Waals surface area contributed by atoms with Crippen LogP contribution < -0.4 is 9.80 Å². The molecule has 5 heteroatoms. The van der Waals surface area contributed by atoms with Gasteiger partial charge in [-0.15, -0.1) is 29.3 Å². The first kappa shape index (κ1) is 18.2. The fourth-order valence-electron chi connectivity index (χ4n) is 3.83. The number of hydrogen-bond donors (Lipinski definition) is 1. The monoisotopic (exact) mass is 395 g/mol. The van der Waals surface area contributed by atoms with Crippen molar-refractivity contribution in [3.63, 3.8) is 0 Å². The maximum absolute atomic E-state index is 13.2. The number of amides is 1. The molecule has 2 atom stereocenters. The zero-order valence-corrected chi connectivity index (χ0v) is 16.8. The zero-order valence-electron chi connectivity index (χ0n) is 15.1. The van der Waals surface area contributed by atoms with Gasteiger partial charge in [0.1, 0.15) is 6.04 Å². The molecule has 3 nitrogen and oxygen atoms in total. The molecule has 4 rings (SSSR count). The summed E-state index contributed by atoms with van der Waals surface area (Å²) in [6.45, 7) is 5.84. The van der Waals surface area contributed by atoms with Crippen LogP contribution in [0.4, 0.5) is 5.69 Å². The number of para-hydroxylation sites is 1. The van der Waals surface area contributed by atoms with Crippen molar-refractivity contribution in [2.24, 2.45) is 0 Å². The van der Waals surface area contributed by atoms with Gasteiger partial charge in [0.2, 0.25) is 0 Å². The van der Waals surface area contributed by atoms with E-state index in [1.165, 1.54) is 20.2 Å². The number of fused-ring (bicyclic) bond motifs is 1. The molecule has 0 saturated heterocycles. The Bertz CT molecular complexity index is 902. The molecule has 0 bridgehead atoms. The highest BCUT2D eigenvalue weighted by Gasteiger charge is 2.36. The van der Waals surface area contributed by atoms with Gasteiger partial charge < -0.3 is 9.80 Å². The van der Waals surface area contributed by atoms with Crippen molar-refractivity contribution in [3.05, 3.63) is 87.3 Å². The van der Waals surface area contributed by atoms with Crippen molar-refractivity contribution in [2.75, 3.05) is 24.5 Å². The van der Waals surface area contributed by atoms with Gasteiger partial charge in [-0.3, -0.25) is 4.79 Å². The van der Waals surface area contributed by atoms with E-state index >= 15 is 0 Å². The number of carbonyl (C=O) groups excluding carboxylic acids is 1. The molecule has 0 spiro atoms. The molecule has 1 unspecified atom stereocenters. The predicted octanol–water partition coefficient (Wildman–Crippen LogP) is 3.56. The van der Waals surface area contributed by atoms with Crippen LogP contribution >= 0.6 is 22.7 Å². The number of quaternary nitrogens is 1. The summed E-state index contributed by atoms with van der Waals surface area (Å²) in [6.07, 6.45) is 2.84. The number of carbonyl (C=O) groups is 1. The first-order chi connectivity index (χ1) is 13.3. The predicted molar refractivity (Wildman–Crippen MR) is 114 cm³/mol. The Morgan fingerprint density at radius 1 is 1.15 bits per heavy atom. The van der Waals surface area contributed by atoms with E-state index in [9.17, 15) is 4.79 Å². The number of nitrogens with one attached hydrogen (secondary N) is 1. The van der Waals surface area contributed by atoms with Crippen LogP contribution in [-0.2, 0) is 11.2 Å². The molecule has 3 heterocycles. The molecule has 1 aliphatic heterocycles. The summed E-state index contributed by atoms with van der Waals surface area (Å²) >= 11 is 3.63. The van der Waals surface area contributed by atoms with Crippen LogP contribution in [0.3, 0.4) is 0 Å². The number of nitrogens with zero attached hydrogens (tertiary/aromatic N) is 1. The van der Waals surface area contributed by atoms with E-state index in [1.807, 2.05) is 46.6 Å².